The van der Waals surface area contributed by atoms with Gasteiger partial charge in [-0.1, -0.05) is 12.1 Å². The largest absolute Gasteiger partial charge is 0.497 e. The van der Waals surface area contributed by atoms with Crippen LogP contribution < -0.4 is 10.1 Å². The van der Waals surface area contributed by atoms with Gasteiger partial charge >= 0.3 is 0 Å². The van der Waals surface area contributed by atoms with Gasteiger partial charge in [0, 0.05) is 20.0 Å². The first-order valence-corrected chi connectivity index (χ1v) is 6.24. The second-order valence-electron chi connectivity index (χ2n) is 4.77. The zero-order valence-corrected chi connectivity index (χ0v) is 11.2. The minimum atomic E-state index is -0.0664. The van der Waals surface area contributed by atoms with E-state index in [9.17, 15) is 9.59 Å². The van der Waals surface area contributed by atoms with Gasteiger partial charge in [0.25, 0.3) is 0 Å². The van der Waals surface area contributed by atoms with Crippen LogP contribution in [0.3, 0.4) is 0 Å². The number of nitrogens with one attached hydrogen (secondary N) is 1. The second kappa shape index (κ2) is 5.73. The van der Waals surface area contributed by atoms with Crippen LogP contribution in [0.4, 0.5) is 0 Å². The Kier molecular flexibility index (Phi) is 4.04. The molecule has 5 nitrogen and oxygen atoms in total. The molecular weight excluding hydrogens is 244 g/mol. The normalized spacial score (nSPS) is 18.5. The van der Waals surface area contributed by atoms with E-state index in [0.717, 1.165) is 11.3 Å². The van der Waals surface area contributed by atoms with Crippen molar-refractivity contribution in [2.75, 3.05) is 20.7 Å². The Balaban J connectivity index is 1.85. The summed E-state index contributed by atoms with van der Waals surface area (Å²) in [5.74, 6) is 0.792. The molecule has 1 N–H and O–H groups in total. The van der Waals surface area contributed by atoms with Crippen LogP contribution in [0.2, 0.25) is 0 Å². The molecule has 1 heterocycles. The number of benzene rings is 1. The third kappa shape index (κ3) is 3.47. The summed E-state index contributed by atoms with van der Waals surface area (Å²) >= 11 is 0. The molecule has 102 valence electrons. The first-order chi connectivity index (χ1) is 9.08. The van der Waals surface area contributed by atoms with Crippen LogP contribution >= 0.6 is 0 Å². The van der Waals surface area contributed by atoms with Gasteiger partial charge in [-0.2, -0.15) is 0 Å². The number of hydrogen-bond donors (Lipinski definition) is 1. The third-order valence-corrected chi connectivity index (χ3v) is 3.23. The molecule has 2 amide bonds. The molecule has 1 aliphatic rings. The lowest BCUT2D eigenvalue weighted by atomic mass is 10.1. The first-order valence-electron chi connectivity index (χ1n) is 6.24. The second-order valence-corrected chi connectivity index (χ2v) is 4.77. The number of rotatable bonds is 4. The number of ether oxygens (including phenoxy) is 1. The highest BCUT2D eigenvalue weighted by atomic mass is 16.5. The maximum Gasteiger partial charge on any atom is 0.224 e. The molecule has 0 aromatic heterocycles. The molecule has 1 saturated heterocycles. The van der Waals surface area contributed by atoms with Crippen molar-refractivity contribution in [1.29, 1.82) is 0 Å². The molecule has 0 aliphatic carbocycles. The van der Waals surface area contributed by atoms with E-state index in [1.165, 1.54) is 0 Å². The molecule has 1 fully saturated rings. The summed E-state index contributed by atoms with van der Waals surface area (Å²) < 4.78 is 5.06. The van der Waals surface area contributed by atoms with Gasteiger partial charge in [-0.15, -0.1) is 0 Å². The smallest absolute Gasteiger partial charge is 0.224 e. The SMILES string of the molecule is COc1ccc(CC(=O)NC2CC(=O)N(C)C2)cc1. The predicted octanol–water partition coefficient (Wildman–Crippen LogP) is 0.585. The van der Waals surface area contributed by atoms with Crippen molar-refractivity contribution in [3.63, 3.8) is 0 Å². The van der Waals surface area contributed by atoms with Gasteiger partial charge in [-0.3, -0.25) is 9.59 Å². The average molecular weight is 262 g/mol. The van der Waals surface area contributed by atoms with Crippen molar-refractivity contribution < 1.29 is 14.3 Å². The van der Waals surface area contributed by atoms with Crippen LogP contribution in [0.1, 0.15) is 12.0 Å². The minimum absolute atomic E-state index is 0.0572. The van der Waals surface area contributed by atoms with Gasteiger partial charge in [-0.25, -0.2) is 0 Å². The number of methoxy groups -OCH3 is 1. The molecule has 1 aromatic carbocycles. The topological polar surface area (TPSA) is 58.6 Å². The fraction of sp³-hybridized carbons (Fsp3) is 0.429. The Bertz CT molecular complexity index is 470. The monoisotopic (exact) mass is 262 g/mol. The van der Waals surface area contributed by atoms with Crippen molar-refractivity contribution in [1.82, 2.24) is 10.2 Å². The number of amides is 2. The maximum atomic E-state index is 11.9. The van der Waals surface area contributed by atoms with Gasteiger partial charge in [-0.05, 0) is 17.7 Å². The Morgan fingerprint density at radius 2 is 2.11 bits per heavy atom. The summed E-state index contributed by atoms with van der Waals surface area (Å²) in [4.78, 5) is 24.9. The van der Waals surface area contributed by atoms with E-state index in [-0.39, 0.29) is 17.9 Å². The molecule has 0 radical (unpaired) electrons. The van der Waals surface area contributed by atoms with E-state index in [1.807, 2.05) is 24.3 Å². The van der Waals surface area contributed by atoms with Gasteiger partial charge in [0.15, 0.2) is 0 Å². The van der Waals surface area contributed by atoms with Gasteiger partial charge < -0.3 is 15.0 Å². The molecular formula is C14H18N2O3. The van der Waals surface area contributed by atoms with E-state index in [4.69, 9.17) is 4.74 Å². The fourth-order valence-corrected chi connectivity index (χ4v) is 2.17. The van der Waals surface area contributed by atoms with Gasteiger partial charge in [0.1, 0.15) is 5.75 Å². The van der Waals surface area contributed by atoms with Crippen LogP contribution in [0.25, 0.3) is 0 Å². The molecule has 1 aliphatic heterocycles. The number of carbonyl (C=O) groups excluding carboxylic acids is 2. The number of likely N-dealkylation sites (tertiary alicyclic amines) is 1. The molecule has 0 spiro atoms. The van der Waals surface area contributed by atoms with Gasteiger partial charge in [0.2, 0.25) is 11.8 Å². The Hall–Kier alpha value is -2.04. The predicted molar refractivity (Wildman–Crippen MR) is 70.9 cm³/mol. The van der Waals surface area contributed by atoms with Crippen LogP contribution in [0.5, 0.6) is 5.75 Å². The summed E-state index contributed by atoms with van der Waals surface area (Å²) in [6.07, 6.45) is 0.712. The van der Waals surface area contributed by atoms with E-state index in [0.29, 0.717) is 19.4 Å². The summed E-state index contributed by atoms with van der Waals surface area (Å²) in [5, 5.41) is 2.88. The van der Waals surface area contributed by atoms with Crippen LogP contribution in [-0.4, -0.2) is 43.5 Å². The quantitative estimate of drug-likeness (QED) is 0.863. The number of hydrogen-bond acceptors (Lipinski definition) is 3. The lowest BCUT2D eigenvalue weighted by molar-refractivity contribution is -0.126. The molecule has 2 rings (SSSR count). The molecule has 1 atom stereocenters. The molecule has 0 saturated carbocycles. The summed E-state index contributed by atoms with van der Waals surface area (Å²) in [6.45, 7) is 0.590. The highest BCUT2D eigenvalue weighted by Crippen LogP contribution is 2.12. The summed E-state index contributed by atoms with van der Waals surface area (Å²) in [7, 11) is 3.35. The molecule has 1 unspecified atom stereocenters. The Labute approximate surface area is 112 Å². The van der Waals surface area contributed by atoms with E-state index < -0.39 is 0 Å². The summed E-state index contributed by atoms with van der Waals surface area (Å²) in [5.41, 5.74) is 0.927. The maximum absolute atomic E-state index is 11.9. The lowest BCUT2D eigenvalue weighted by Gasteiger charge is -2.12. The van der Waals surface area contributed by atoms with Crippen LogP contribution in [-0.2, 0) is 16.0 Å². The summed E-state index contributed by atoms with van der Waals surface area (Å²) in [6, 6.07) is 7.32. The third-order valence-electron chi connectivity index (χ3n) is 3.23. The van der Waals surface area contributed by atoms with Crippen molar-refractivity contribution in [3.05, 3.63) is 29.8 Å². The molecule has 0 bridgehead atoms. The van der Waals surface area contributed by atoms with E-state index >= 15 is 0 Å². The van der Waals surface area contributed by atoms with Crippen molar-refractivity contribution in [2.45, 2.75) is 18.9 Å². The van der Waals surface area contributed by atoms with Crippen molar-refractivity contribution in [3.8, 4) is 5.75 Å². The molecule has 1 aromatic rings. The average Bonchev–Trinajstić information content (AvgIpc) is 2.69. The zero-order chi connectivity index (χ0) is 13.8. The van der Waals surface area contributed by atoms with Crippen LogP contribution in [0, 0.1) is 0 Å². The minimum Gasteiger partial charge on any atom is -0.497 e. The lowest BCUT2D eigenvalue weighted by Crippen LogP contribution is -2.37. The van der Waals surface area contributed by atoms with Gasteiger partial charge in [0.05, 0.1) is 19.6 Å². The Morgan fingerprint density at radius 1 is 1.42 bits per heavy atom. The van der Waals surface area contributed by atoms with Crippen LogP contribution in [0.15, 0.2) is 24.3 Å². The van der Waals surface area contributed by atoms with E-state index in [2.05, 4.69) is 5.32 Å². The molecule has 19 heavy (non-hydrogen) atoms. The van der Waals surface area contributed by atoms with E-state index in [1.54, 1.807) is 19.1 Å². The highest BCUT2D eigenvalue weighted by Gasteiger charge is 2.27. The standard InChI is InChI=1S/C14H18N2O3/c1-16-9-11(8-14(16)18)15-13(17)7-10-3-5-12(19-2)6-4-10/h3-6,11H,7-9H2,1-2H3,(H,15,17). The number of likely N-dealkylation sites (N-methyl/N-ethyl adjacent to an activating group) is 1. The zero-order valence-electron chi connectivity index (χ0n) is 11.2. The van der Waals surface area contributed by atoms with Crippen molar-refractivity contribution in [2.24, 2.45) is 0 Å². The fourth-order valence-electron chi connectivity index (χ4n) is 2.17. The first kappa shape index (κ1) is 13.4. The number of carbonyl (C=O) groups is 2. The molecule has 5 heteroatoms. The number of nitrogens with zero attached hydrogens (tertiary/aromatic N) is 1. The highest BCUT2D eigenvalue weighted by molar-refractivity contribution is 5.83. The van der Waals surface area contributed by atoms with Crippen molar-refractivity contribution >= 4 is 11.8 Å². The Morgan fingerprint density at radius 3 is 2.63 bits per heavy atom.